The zero-order valence-electron chi connectivity index (χ0n) is 15.6. The summed E-state index contributed by atoms with van der Waals surface area (Å²) >= 11 is 0. The maximum Gasteiger partial charge on any atom is 0.248 e. The van der Waals surface area contributed by atoms with Crippen LogP contribution in [0.25, 0.3) is 0 Å². The van der Waals surface area contributed by atoms with Crippen LogP contribution in [0.2, 0.25) is 0 Å². The largest absolute Gasteiger partial charge is 0.497 e. The van der Waals surface area contributed by atoms with Gasteiger partial charge in [0.2, 0.25) is 5.91 Å². The van der Waals surface area contributed by atoms with E-state index in [1.165, 1.54) is 0 Å². The van der Waals surface area contributed by atoms with E-state index in [4.69, 9.17) is 15.2 Å². The van der Waals surface area contributed by atoms with Crippen molar-refractivity contribution >= 4 is 5.91 Å². The van der Waals surface area contributed by atoms with Gasteiger partial charge in [0, 0.05) is 5.56 Å². The van der Waals surface area contributed by atoms with Gasteiger partial charge >= 0.3 is 0 Å². The van der Waals surface area contributed by atoms with E-state index in [1.54, 1.807) is 14.2 Å². The smallest absolute Gasteiger partial charge is 0.248 e. The van der Waals surface area contributed by atoms with Crippen molar-refractivity contribution < 1.29 is 14.3 Å². The normalized spacial score (nSPS) is 10.4. The number of nitrogens with two attached hydrogens (primary N) is 1. The molecule has 3 rings (SSSR count). The Bertz CT molecular complexity index is 848. The highest BCUT2D eigenvalue weighted by atomic mass is 16.5. The molecule has 0 aromatic heterocycles. The van der Waals surface area contributed by atoms with Crippen molar-refractivity contribution in [3.05, 3.63) is 94.5 Å². The summed E-state index contributed by atoms with van der Waals surface area (Å²) in [6.45, 7) is 0. The zero-order chi connectivity index (χ0) is 19.2. The second-order valence-corrected chi connectivity index (χ2v) is 6.45. The summed E-state index contributed by atoms with van der Waals surface area (Å²) in [4.78, 5) is 11.8. The molecule has 0 heterocycles. The molecule has 0 unspecified atom stereocenters. The Balaban J connectivity index is 1.85. The van der Waals surface area contributed by atoms with Crippen LogP contribution in [0.3, 0.4) is 0 Å². The molecule has 0 bridgehead atoms. The SMILES string of the molecule is COc1ccc(Cc2cc(Cc3ccc(OC)cc3)cc(C(N)=O)c2)cc1. The summed E-state index contributed by atoms with van der Waals surface area (Å²) in [6, 6.07) is 21.7. The van der Waals surface area contributed by atoms with Crippen LogP contribution in [0, 0.1) is 0 Å². The number of ether oxygens (including phenoxy) is 2. The standard InChI is InChI=1S/C23H23NO3/c1-26-21-7-3-16(4-8-21)11-18-13-19(15-20(14-18)23(24)25)12-17-5-9-22(27-2)10-6-17/h3-10,13-15H,11-12H2,1-2H3,(H2,24,25). The Labute approximate surface area is 159 Å². The first-order chi connectivity index (χ1) is 13.1. The van der Waals surface area contributed by atoms with Crippen LogP contribution in [0.1, 0.15) is 32.6 Å². The predicted molar refractivity (Wildman–Crippen MR) is 107 cm³/mol. The van der Waals surface area contributed by atoms with Gasteiger partial charge < -0.3 is 15.2 Å². The predicted octanol–water partition coefficient (Wildman–Crippen LogP) is 3.98. The molecule has 2 N–H and O–H groups in total. The third-order valence-corrected chi connectivity index (χ3v) is 4.47. The monoisotopic (exact) mass is 361 g/mol. The maximum absolute atomic E-state index is 11.8. The number of hydrogen-bond donors (Lipinski definition) is 1. The molecule has 0 saturated carbocycles. The van der Waals surface area contributed by atoms with E-state index < -0.39 is 5.91 Å². The molecular weight excluding hydrogens is 338 g/mol. The maximum atomic E-state index is 11.8. The van der Waals surface area contributed by atoms with Gasteiger partial charge in [0.25, 0.3) is 0 Å². The Morgan fingerprint density at radius 1 is 0.704 bits per heavy atom. The second kappa shape index (κ2) is 8.41. The summed E-state index contributed by atoms with van der Waals surface area (Å²) in [7, 11) is 3.30. The molecule has 0 aliphatic rings. The molecule has 0 spiro atoms. The van der Waals surface area contributed by atoms with Gasteiger partial charge in [-0.2, -0.15) is 0 Å². The van der Waals surface area contributed by atoms with Crippen LogP contribution in [0.4, 0.5) is 0 Å². The van der Waals surface area contributed by atoms with Crippen molar-refractivity contribution in [3.63, 3.8) is 0 Å². The van der Waals surface area contributed by atoms with Gasteiger partial charge in [-0.05, 0) is 71.5 Å². The Kier molecular flexibility index (Phi) is 5.77. The summed E-state index contributed by atoms with van der Waals surface area (Å²) in [5.74, 6) is 1.23. The van der Waals surface area contributed by atoms with Crippen LogP contribution < -0.4 is 15.2 Å². The summed E-state index contributed by atoms with van der Waals surface area (Å²) < 4.78 is 10.4. The van der Waals surface area contributed by atoms with E-state index >= 15 is 0 Å². The minimum Gasteiger partial charge on any atom is -0.497 e. The quantitative estimate of drug-likeness (QED) is 0.692. The highest BCUT2D eigenvalue weighted by molar-refractivity contribution is 5.93. The van der Waals surface area contributed by atoms with Crippen molar-refractivity contribution in [2.45, 2.75) is 12.8 Å². The minimum atomic E-state index is -0.414. The molecule has 4 heteroatoms. The van der Waals surface area contributed by atoms with Crippen molar-refractivity contribution in [2.24, 2.45) is 5.73 Å². The second-order valence-electron chi connectivity index (χ2n) is 6.45. The third kappa shape index (κ3) is 4.88. The molecule has 0 aliphatic carbocycles. The molecule has 0 aliphatic heterocycles. The molecule has 27 heavy (non-hydrogen) atoms. The first-order valence-corrected chi connectivity index (χ1v) is 8.76. The van der Waals surface area contributed by atoms with Gasteiger partial charge in [-0.25, -0.2) is 0 Å². The minimum absolute atomic E-state index is 0.414. The fourth-order valence-electron chi connectivity index (χ4n) is 3.07. The van der Waals surface area contributed by atoms with Crippen LogP contribution in [0.5, 0.6) is 11.5 Å². The first-order valence-electron chi connectivity index (χ1n) is 8.76. The molecule has 0 fully saturated rings. The molecular formula is C23H23NO3. The molecule has 0 radical (unpaired) electrons. The van der Waals surface area contributed by atoms with Gasteiger partial charge in [-0.3, -0.25) is 4.79 Å². The highest BCUT2D eigenvalue weighted by Gasteiger charge is 2.08. The number of methoxy groups -OCH3 is 2. The number of benzene rings is 3. The van der Waals surface area contributed by atoms with E-state index in [1.807, 2.05) is 60.7 Å². The van der Waals surface area contributed by atoms with E-state index in [2.05, 4.69) is 6.07 Å². The molecule has 1 amide bonds. The Morgan fingerprint density at radius 2 is 1.11 bits per heavy atom. The number of carbonyl (C=O) groups is 1. The Morgan fingerprint density at radius 3 is 1.44 bits per heavy atom. The third-order valence-electron chi connectivity index (χ3n) is 4.47. The van der Waals surface area contributed by atoms with Gasteiger partial charge in [0.1, 0.15) is 11.5 Å². The van der Waals surface area contributed by atoms with Crippen LogP contribution in [-0.2, 0) is 12.8 Å². The molecule has 4 nitrogen and oxygen atoms in total. The summed E-state index contributed by atoms with van der Waals surface area (Å²) in [5, 5.41) is 0. The lowest BCUT2D eigenvalue weighted by Crippen LogP contribution is -2.12. The number of hydrogen-bond acceptors (Lipinski definition) is 3. The van der Waals surface area contributed by atoms with Crippen molar-refractivity contribution in [1.82, 2.24) is 0 Å². The van der Waals surface area contributed by atoms with Crippen molar-refractivity contribution in [2.75, 3.05) is 14.2 Å². The molecule has 3 aromatic rings. The molecule has 138 valence electrons. The topological polar surface area (TPSA) is 61.6 Å². The highest BCUT2D eigenvalue weighted by Crippen LogP contribution is 2.20. The average Bonchev–Trinajstić information content (AvgIpc) is 2.69. The zero-order valence-corrected chi connectivity index (χ0v) is 15.6. The lowest BCUT2D eigenvalue weighted by Gasteiger charge is -2.10. The van der Waals surface area contributed by atoms with Crippen molar-refractivity contribution in [3.8, 4) is 11.5 Å². The van der Waals surface area contributed by atoms with Crippen LogP contribution in [0.15, 0.2) is 66.7 Å². The fraction of sp³-hybridized carbons (Fsp3) is 0.174. The van der Waals surface area contributed by atoms with Crippen LogP contribution >= 0.6 is 0 Å². The molecule has 0 saturated heterocycles. The Hall–Kier alpha value is -3.27. The first kappa shape index (κ1) is 18.5. The van der Waals surface area contributed by atoms with E-state index in [9.17, 15) is 4.79 Å². The fourth-order valence-corrected chi connectivity index (χ4v) is 3.07. The van der Waals surface area contributed by atoms with Gasteiger partial charge in [0.15, 0.2) is 0 Å². The summed E-state index contributed by atoms with van der Waals surface area (Å²) in [6.07, 6.45) is 1.45. The number of amides is 1. The van der Waals surface area contributed by atoms with Gasteiger partial charge in [-0.15, -0.1) is 0 Å². The van der Waals surface area contributed by atoms with Gasteiger partial charge in [0.05, 0.1) is 14.2 Å². The van der Waals surface area contributed by atoms with E-state index in [0.717, 1.165) is 46.6 Å². The van der Waals surface area contributed by atoms with Crippen molar-refractivity contribution in [1.29, 1.82) is 0 Å². The van der Waals surface area contributed by atoms with Gasteiger partial charge in [-0.1, -0.05) is 30.3 Å². The number of rotatable bonds is 7. The number of primary amides is 1. The van der Waals surface area contributed by atoms with Crippen LogP contribution in [-0.4, -0.2) is 20.1 Å². The van der Waals surface area contributed by atoms with E-state index in [-0.39, 0.29) is 0 Å². The number of carbonyl (C=O) groups excluding carboxylic acids is 1. The lowest BCUT2D eigenvalue weighted by atomic mass is 9.96. The average molecular weight is 361 g/mol. The van der Waals surface area contributed by atoms with E-state index in [0.29, 0.717) is 5.56 Å². The molecule has 3 aromatic carbocycles. The summed E-state index contributed by atoms with van der Waals surface area (Å²) in [5.41, 5.74) is 10.5. The molecule has 0 atom stereocenters. The lowest BCUT2D eigenvalue weighted by molar-refractivity contribution is 0.1000.